The first-order chi connectivity index (χ1) is 7.15. The van der Waals surface area contributed by atoms with E-state index in [-0.39, 0.29) is 0 Å². The van der Waals surface area contributed by atoms with Crippen LogP contribution in [-0.2, 0) is 4.74 Å². The van der Waals surface area contributed by atoms with Crippen molar-refractivity contribution in [2.75, 3.05) is 26.3 Å². The lowest BCUT2D eigenvalue weighted by molar-refractivity contribution is -0.0846. The summed E-state index contributed by atoms with van der Waals surface area (Å²) in [6, 6.07) is 0.742. The maximum Gasteiger partial charge on any atom is 0.0645 e. The number of nitrogens with zero attached hydrogens (tertiary/aromatic N) is 1. The third-order valence-corrected chi connectivity index (χ3v) is 4.88. The van der Waals surface area contributed by atoms with Crippen LogP contribution in [0.5, 0.6) is 0 Å². The molecule has 1 unspecified atom stereocenters. The molecule has 2 saturated heterocycles. The summed E-state index contributed by atoms with van der Waals surface area (Å²) >= 11 is 0. The largest absolute Gasteiger partial charge is 0.378 e. The van der Waals surface area contributed by atoms with Gasteiger partial charge in [0.1, 0.15) is 0 Å². The van der Waals surface area contributed by atoms with E-state index in [1.165, 1.54) is 32.4 Å². The van der Waals surface area contributed by atoms with Crippen molar-refractivity contribution < 1.29 is 4.74 Å². The molecule has 2 nitrogen and oxygen atoms in total. The number of likely N-dealkylation sites (tertiary alicyclic amines) is 1. The number of hydrogen-bond acceptors (Lipinski definition) is 2. The van der Waals surface area contributed by atoms with Gasteiger partial charge in [-0.05, 0) is 37.3 Å². The summed E-state index contributed by atoms with van der Waals surface area (Å²) in [6.07, 6.45) is 4.07. The van der Waals surface area contributed by atoms with Crippen molar-refractivity contribution >= 4 is 0 Å². The van der Waals surface area contributed by atoms with E-state index in [2.05, 4.69) is 25.7 Å². The molecule has 1 atom stereocenters. The van der Waals surface area contributed by atoms with Crippen LogP contribution in [0.25, 0.3) is 0 Å². The Morgan fingerprint density at radius 3 is 2.33 bits per heavy atom. The molecule has 2 fully saturated rings. The fourth-order valence-electron chi connectivity index (χ4n) is 2.82. The maximum absolute atomic E-state index is 5.27. The summed E-state index contributed by atoms with van der Waals surface area (Å²) < 4.78 is 5.27. The Morgan fingerprint density at radius 2 is 1.93 bits per heavy atom. The average molecular weight is 211 g/mol. The van der Waals surface area contributed by atoms with Crippen LogP contribution in [0, 0.1) is 11.3 Å². The summed E-state index contributed by atoms with van der Waals surface area (Å²) in [5.41, 5.74) is 0.593. The van der Waals surface area contributed by atoms with Crippen LogP contribution in [0.2, 0.25) is 0 Å². The molecule has 0 radical (unpaired) electrons. The SMILES string of the molecule is CCC(C)C1(C)CCN(C2COC2)CC1. The topological polar surface area (TPSA) is 12.5 Å². The molecule has 0 spiro atoms. The summed E-state index contributed by atoms with van der Waals surface area (Å²) in [6.45, 7) is 11.7. The van der Waals surface area contributed by atoms with Crippen LogP contribution in [0.1, 0.15) is 40.0 Å². The standard InChI is InChI=1S/C13H25NO/c1-4-11(2)13(3)5-7-14(8-6-13)12-9-15-10-12/h11-12H,4-10H2,1-3H3. The van der Waals surface area contributed by atoms with Crippen LogP contribution in [0.15, 0.2) is 0 Å². The molecule has 0 bridgehead atoms. The Labute approximate surface area is 94.0 Å². The van der Waals surface area contributed by atoms with Crippen molar-refractivity contribution in [3.8, 4) is 0 Å². The van der Waals surface area contributed by atoms with Crippen molar-refractivity contribution in [1.29, 1.82) is 0 Å². The highest BCUT2D eigenvalue weighted by Gasteiger charge is 2.37. The molecule has 0 saturated carbocycles. The van der Waals surface area contributed by atoms with Gasteiger partial charge in [-0.3, -0.25) is 4.90 Å². The molecule has 2 aliphatic heterocycles. The van der Waals surface area contributed by atoms with Gasteiger partial charge in [-0.15, -0.1) is 0 Å². The molecule has 2 rings (SSSR count). The molecule has 0 amide bonds. The van der Waals surface area contributed by atoms with Gasteiger partial charge in [0.2, 0.25) is 0 Å². The maximum atomic E-state index is 5.27. The number of rotatable bonds is 3. The normalized spacial score (nSPS) is 29.8. The number of ether oxygens (including phenoxy) is 1. The Kier molecular flexibility index (Phi) is 3.36. The van der Waals surface area contributed by atoms with E-state index in [0.29, 0.717) is 5.41 Å². The summed E-state index contributed by atoms with van der Waals surface area (Å²) in [4.78, 5) is 2.63. The first kappa shape index (κ1) is 11.4. The zero-order valence-electron chi connectivity index (χ0n) is 10.5. The zero-order chi connectivity index (χ0) is 10.9. The molecule has 15 heavy (non-hydrogen) atoms. The highest BCUT2D eigenvalue weighted by atomic mass is 16.5. The molecule has 0 aromatic carbocycles. The predicted molar refractivity (Wildman–Crippen MR) is 63.0 cm³/mol. The molecule has 0 aromatic heterocycles. The Bertz CT molecular complexity index is 205. The van der Waals surface area contributed by atoms with Crippen LogP contribution in [0.4, 0.5) is 0 Å². The quantitative estimate of drug-likeness (QED) is 0.711. The fourth-order valence-corrected chi connectivity index (χ4v) is 2.82. The number of piperidine rings is 1. The van der Waals surface area contributed by atoms with Crippen LogP contribution < -0.4 is 0 Å². The lowest BCUT2D eigenvalue weighted by Gasteiger charge is -2.47. The number of hydrogen-bond donors (Lipinski definition) is 0. The smallest absolute Gasteiger partial charge is 0.0645 e. The molecular weight excluding hydrogens is 186 g/mol. The van der Waals surface area contributed by atoms with E-state index >= 15 is 0 Å². The van der Waals surface area contributed by atoms with Crippen molar-refractivity contribution in [2.45, 2.75) is 46.1 Å². The zero-order valence-corrected chi connectivity index (χ0v) is 10.5. The van der Waals surface area contributed by atoms with Gasteiger partial charge in [-0.2, -0.15) is 0 Å². The van der Waals surface area contributed by atoms with Crippen molar-refractivity contribution in [3.05, 3.63) is 0 Å². The molecule has 88 valence electrons. The van der Waals surface area contributed by atoms with Crippen molar-refractivity contribution in [1.82, 2.24) is 4.90 Å². The minimum atomic E-state index is 0.593. The van der Waals surface area contributed by atoms with Crippen molar-refractivity contribution in [2.24, 2.45) is 11.3 Å². The Balaban J connectivity index is 1.84. The van der Waals surface area contributed by atoms with Crippen molar-refractivity contribution in [3.63, 3.8) is 0 Å². The van der Waals surface area contributed by atoms with Crippen LogP contribution in [-0.4, -0.2) is 37.2 Å². The van der Waals surface area contributed by atoms with Gasteiger partial charge >= 0.3 is 0 Å². The van der Waals surface area contributed by atoms with Gasteiger partial charge in [-0.1, -0.05) is 27.2 Å². The van der Waals surface area contributed by atoms with E-state index in [0.717, 1.165) is 25.2 Å². The second kappa shape index (κ2) is 4.42. The average Bonchev–Trinajstić information content (AvgIpc) is 2.18. The fraction of sp³-hybridized carbons (Fsp3) is 1.00. The van der Waals surface area contributed by atoms with Crippen LogP contribution >= 0.6 is 0 Å². The van der Waals surface area contributed by atoms with Gasteiger partial charge in [0.05, 0.1) is 19.3 Å². The summed E-state index contributed by atoms with van der Waals surface area (Å²) in [5.74, 6) is 0.872. The van der Waals surface area contributed by atoms with E-state index in [9.17, 15) is 0 Å². The Hall–Kier alpha value is -0.0800. The van der Waals surface area contributed by atoms with E-state index in [1.807, 2.05) is 0 Å². The molecule has 0 aliphatic carbocycles. The third kappa shape index (κ3) is 2.21. The molecule has 0 N–H and O–H groups in total. The molecular formula is C13H25NO. The lowest BCUT2D eigenvalue weighted by Crippen LogP contribution is -2.53. The van der Waals surface area contributed by atoms with E-state index in [4.69, 9.17) is 4.74 Å². The molecule has 2 heteroatoms. The highest BCUT2D eigenvalue weighted by Crippen LogP contribution is 2.40. The van der Waals surface area contributed by atoms with Gasteiger partial charge in [0, 0.05) is 0 Å². The molecule has 2 heterocycles. The second-order valence-corrected chi connectivity index (χ2v) is 5.69. The highest BCUT2D eigenvalue weighted by molar-refractivity contribution is 4.89. The monoisotopic (exact) mass is 211 g/mol. The molecule has 0 aromatic rings. The van der Waals surface area contributed by atoms with Crippen LogP contribution in [0.3, 0.4) is 0 Å². The first-order valence-corrected chi connectivity index (χ1v) is 6.47. The first-order valence-electron chi connectivity index (χ1n) is 6.47. The van der Waals surface area contributed by atoms with Gasteiger partial charge in [-0.25, -0.2) is 0 Å². The second-order valence-electron chi connectivity index (χ2n) is 5.69. The van der Waals surface area contributed by atoms with E-state index in [1.54, 1.807) is 0 Å². The summed E-state index contributed by atoms with van der Waals surface area (Å²) in [7, 11) is 0. The third-order valence-electron chi connectivity index (χ3n) is 4.88. The lowest BCUT2D eigenvalue weighted by atomic mass is 9.70. The summed E-state index contributed by atoms with van der Waals surface area (Å²) in [5, 5.41) is 0. The van der Waals surface area contributed by atoms with Gasteiger partial charge < -0.3 is 4.74 Å². The molecule has 2 aliphatic rings. The predicted octanol–water partition coefficient (Wildman–Crippen LogP) is 2.53. The Morgan fingerprint density at radius 1 is 1.33 bits per heavy atom. The minimum Gasteiger partial charge on any atom is -0.378 e. The van der Waals surface area contributed by atoms with Gasteiger partial charge in [0.15, 0.2) is 0 Å². The van der Waals surface area contributed by atoms with Gasteiger partial charge in [0.25, 0.3) is 0 Å². The minimum absolute atomic E-state index is 0.593. The van der Waals surface area contributed by atoms with E-state index < -0.39 is 0 Å².